The number of hydrogen-bond acceptors (Lipinski definition) is 5. The molecule has 5 nitrogen and oxygen atoms in total. The molecular formula is C32H41N5. The minimum atomic E-state index is -0.0279. The highest BCUT2D eigenvalue weighted by Crippen LogP contribution is 2.42. The fourth-order valence-corrected chi connectivity index (χ4v) is 6.65. The minimum Gasteiger partial charge on any atom is -0.385 e. The average molecular weight is 496 g/mol. The van der Waals surface area contributed by atoms with Gasteiger partial charge in [0.05, 0.1) is 29.2 Å². The highest BCUT2D eigenvalue weighted by Gasteiger charge is 2.40. The van der Waals surface area contributed by atoms with Gasteiger partial charge in [-0.25, -0.2) is 0 Å². The van der Waals surface area contributed by atoms with Crippen LogP contribution in [0.25, 0.3) is 0 Å². The Morgan fingerprint density at radius 3 is 2.59 bits per heavy atom. The molecule has 0 aromatic rings. The van der Waals surface area contributed by atoms with E-state index in [0.717, 1.165) is 49.5 Å². The maximum absolute atomic E-state index is 5.31. The molecule has 5 rings (SSSR count). The van der Waals surface area contributed by atoms with E-state index in [4.69, 9.17) is 9.98 Å². The van der Waals surface area contributed by atoms with Gasteiger partial charge in [-0.2, -0.15) is 0 Å². The molecule has 5 atom stereocenters. The molecule has 5 heterocycles. The fourth-order valence-electron chi connectivity index (χ4n) is 6.65. The highest BCUT2D eigenvalue weighted by molar-refractivity contribution is 6.09. The summed E-state index contributed by atoms with van der Waals surface area (Å²) in [5, 5.41) is 11.2. The zero-order chi connectivity index (χ0) is 26.1. The van der Waals surface area contributed by atoms with E-state index in [-0.39, 0.29) is 18.0 Å². The fraction of sp³-hybridized carbons (Fsp3) is 0.500. The third-order valence-electron chi connectivity index (χ3n) is 8.56. The van der Waals surface area contributed by atoms with Gasteiger partial charge in [0.2, 0.25) is 0 Å². The van der Waals surface area contributed by atoms with Crippen LogP contribution >= 0.6 is 0 Å². The third-order valence-corrected chi connectivity index (χ3v) is 8.56. The SMILES string of the molecule is CCC1=C(C)C(C(C2=CC(C3=C=C=CCN3)NC(C3=NCCC=C3)=C2)C2=C(C)C(CC)C(C)N2)N=C1C. The molecule has 0 spiro atoms. The van der Waals surface area contributed by atoms with E-state index in [1.807, 2.05) is 6.08 Å². The van der Waals surface area contributed by atoms with Crippen LogP contribution in [0.15, 0.2) is 91.2 Å². The number of dihydropyridines is 2. The Balaban J connectivity index is 1.68. The highest BCUT2D eigenvalue weighted by atomic mass is 15.0. The Morgan fingerprint density at radius 2 is 1.97 bits per heavy atom. The number of allylic oxidation sites excluding steroid dienone is 3. The van der Waals surface area contributed by atoms with E-state index in [2.05, 4.69) is 93.3 Å². The van der Waals surface area contributed by atoms with Gasteiger partial charge in [-0.3, -0.25) is 9.98 Å². The molecular weight excluding hydrogens is 454 g/mol. The Bertz CT molecular complexity index is 1280. The van der Waals surface area contributed by atoms with Crippen molar-refractivity contribution in [1.29, 1.82) is 0 Å². The minimum absolute atomic E-state index is 0.0279. The summed E-state index contributed by atoms with van der Waals surface area (Å²) in [4.78, 5) is 10.2. The Labute approximate surface area is 222 Å². The normalized spacial score (nSPS) is 29.7. The first-order chi connectivity index (χ1) is 17.9. The first-order valence-corrected chi connectivity index (χ1v) is 14.0. The molecule has 0 fully saturated rings. The van der Waals surface area contributed by atoms with Crippen LogP contribution < -0.4 is 16.0 Å². The lowest BCUT2D eigenvalue weighted by Crippen LogP contribution is -2.41. The van der Waals surface area contributed by atoms with Gasteiger partial charge < -0.3 is 16.0 Å². The van der Waals surface area contributed by atoms with Gasteiger partial charge in [0, 0.05) is 42.4 Å². The standard InChI is InChI=1S/C32H41N5/c1-7-24-19(3)31(35-21(24)5)30(32-20(4)25(8-2)22(6)36-32)23-17-28(26-13-9-11-15-33-26)37-29(18-23)27-14-10-12-16-34-27/h9,12-13,17-18,21,24,29-30,32,34-35,37H,7-8,11,15-16H2,1-6H3. The van der Waals surface area contributed by atoms with Crippen molar-refractivity contribution < 1.29 is 0 Å². The second kappa shape index (κ2) is 10.6. The van der Waals surface area contributed by atoms with Gasteiger partial charge in [-0.1, -0.05) is 31.7 Å². The van der Waals surface area contributed by atoms with Gasteiger partial charge >= 0.3 is 0 Å². The lowest BCUT2D eigenvalue weighted by atomic mass is 9.79. The van der Waals surface area contributed by atoms with E-state index in [1.54, 1.807) is 0 Å². The predicted molar refractivity (Wildman–Crippen MR) is 155 cm³/mol. The monoisotopic (exact) mass is 495 g/mol. The van der Waals surface area contributed by atoms with Crippen LogP contribution in [0, 0.1) is 11.8 Å². The van der Waals surface area contributed by atoms with Gasteiger partial charge in [0.25, 0.3) is 0 Å². The lowest BCUT2D eigenvalue weighted by Gasteiger charge is -2.33. The van der Waals surface area contributed by atoms with E-state index in [1.165, 1.54) is 33.7 Å². The third kappa shape index (κ3) is 4.75. The van der Waals surface area contributed by atoms with Crippen molar-refractivity contribution in [3.63, 3.8) is 0 Å². The number of hydrogen-bond donors (Lipinski definition) is 3. The molecule has 5 unspecified atom stereocenters. The van der Waals surface area contributed by atoms with Crippen LogP contribution in [-0.2, 0) is 0 Å². The molecule has 37 heavy (non-hydrogen) atoms. The van der Waals surface area contributed by atoms with Gasteiger partial charge in [0.1, 0.15) is 0 Å². The Morgan fingerprint density at radius 1 is 1.14 bits per heavy atom. The van der Waals surface area contributed by atoms with Crippen molar-refractivity contribution in [2.75, 3.05) is 13.1 Å². The summed E-state index contributed by atoms with van der Waals surface area (Å²) >= 11 is 0. The van der Waals surface area contributed by atoms with E-state index in [9.17, 15) is 0 Å². The molecule has 0 saturated carbocycles. The van der Waals surface area contributed by atoms with Crippen molar-refractivity contribution in [3.05, 3.63) is 81.2 Å². The van der Waals surface area contributed by atoms with Crippen LogP contribution in [0.3, 0.4) is 0 Å². The molecule has 0 amide bonds. The zero-order valence-corrected chi connectivity index (χ0v) is 23.2. The number of rotatable bonds is 7. The average Bonchev–Trinajstić information content (AvgIpc) is 3.37. The molecule has 3 N–H and O–H groups in total. The Hall–Kier alpha value is -3.26. The Kier molecular flexibility index (Phi) is 7.29. The maximum atomic E-state index is 5.31. The molecule has 194 valence electrons. The van der Waals surface area contributed by atoms with Crippen LogP contribution in [-0.4, -0.2) is 42.6 Å². The van der Waals surface area contributed by atoms with Crippen LogP contribution in [0.5, 0.6) is 0 Å². The summed E-state index contributed by atoms with van der Waals surface area (Å²) in [5.74, 6) is 0.663. The molecule has 5 heteroatoms. The summed E-state index contributed by atoms with van der Waals surface area (Å²) in [6, 6.07) is 0.483. The molecule has 0 aromatic carbocycles. The quantitative estimate of drug-likeness (QED) is 0.412. The molecule has 5 aliphatic rings. The van der Waals surface area contributed by atoms with E-state index < -0.39 is 0 Å². The van der Waals surface area contributed by atoms with E-state index >= 15 is 0 Å². The lowest BCUT2D eigenvalue weighted by molar-refractivity contribution is 0.473. The van der Waals surface area contributed by atoms with E-state index in [0.29, 0.717) is 12.0 Å². The topological polar surface area (TPSA) is 60.8 Å². The molecule has 0 saturated heterocycles. The number of nitrogens with one attached hydrogen (secondary N) is 3. The van der Waals surface area contributed by atoms with Gasteiger partial charge in [-0.05, 0) is 93.2 Å². The smallest absolute Gasteiger partial charge is 0.0934 e. The first kappa shape index (κ1) is 25.4. The number of aliphatic imine (C=N–C) groups is 2. The molecule has 0 radical (unpaired) electrons. The van der Waals surface area contributed by atoms with Crippen molar-refractivity contribution in [2.24, 2.45) is 21.8 Å². The zero-order valence-electron chi connectivity index (χ0n) is 23.2. The summed E-state index contributed by atoms with van der Waals surface area (Å²) in [7, 11) is 0. The maximum Gasteiger partial charge on any atom is 0.0934 e. The van der Waals surface area contributed by atoms with Crippen molar-refractivity contribution in [1.82, 2.24) is 16.0 Å². The second-order valence-corrected chi connectivity index (χ2v) is 10.8. The second-order valence-electron chi connectivity index (χ2n) is 10.8. The van der Waals surface area contributed by atoms with Crippen LogP contribution in [0.4, 0.5) is 0 Å². The van der Waals surface area contributed by atoms with Gasteiger partial charge in [0.15, 0.2) is 0 Å². The first-order valence-electron chi connectivity index (χ1n) is 14.0. The summed E-state index contributed by atoms with van der Waals surface area (Å²) in [6.07, 6.45) is 14.2. The van der Waals surface area contributed by atoms with Crippen LogP contribution in [0.2, 0.25) is 0 Å². The van der Waals surface area contributed by atoms with Crippen molar-refractivity contribution >= 4 is 11.4 Å². The molecule has 0 aliphatic carbocycles. The van der Waals surface area contributed by atoms with Gasteiger partial charge in [-0.15, -0.1) is 0 Å². The number of nitrogens with zero attached hydrogens (tertiary/aromatic N) is 2. The largest absolute Gasteiger partial charge is 0.385 e. The van der Waals surface area contributed by atoms with Crippen molar-refractivity contribution in [3.8, 4) is 0 Å². The van der Waals surface area contributed by atoms with Crippen LogP contribution in [0.1, 0.15) is 60.8 Å². The predicted octanol–water partition coefficient (Wildman–Crippen LogP) is 5.44. The summed E-state index contributed by atoms with van der Waals surface area (Å²) in [6.45, 7) is 15.3. The molecule has 5 aliphatic heterocycles. The molecule has 0 aromatic heterocycles. The molecule has 0 bridgehead atoms. The summed E-state index contributed by atoms with van der Waals surface area (Å²) < 4.78 is 0. The summed E-state index contributed by atoms with van der Waals surface area (Å²) in [5.41, 5.74) is 17.7. The van der Waals surface area contributed by atoms with Crippen molar-refractivity contribution in [2.45, 2.75) is 78.9 Å².